The molecule has 0 radical (unpaired) electrons. The van der Waals surface area contributed by atoms with E-state index < -0.39 is 104 Å². The molecule has 41 heavy (non-hydrogen) atoms. The van der Waals surface area contributed by atoms with E-state index in [0.29, 0.717) is 0 Å². The van der Waals surface area contributed by atoms with E-state index in [1.807, 2.05) is 0 Å². The van der Waals surface area contributed by atoms with Gasteiger partial charge in [0.25, 0.3) is 0 Å². The van der Waals surface area contributed by atoms with Crippen molar-refractivity contribution in [2.24, 2.45) is 5.73 Å². The molecule has 0 bridgehead atoms. The summed E-state index contributed by atoms with van der Waals surface area (Å²) in [4.78, 5) is 0. The van der Waals surface area contributed by atoms with Crippen molar-refractivity contribution in [3.63, 3.8) is 0 Å². The third kappa shape index (κ3) is 8.08. The van der Waals surface area contributed by atoms with E-state index in [2.05, 4.69) is 16.0 Å². The van der Waals surface area contributed by atoms with Crippen LogP contribution in [0.1, 0.15) is 13.3 Å². The van der Waals surface area contributed by atoms with Gasteiger partial charge in [0.1, 0.15) is 54.4 Å². The van der Waals surface area contributed by atoms with Crippen LogP contribution in [0.2, 0.25) is 0 Å². The molecule has 17 nitrogen and oxygen atoms in total. The van der Waals surface area contributed by atoms with E-state index in [0.717, 1.165) is 0 Å². The quantitative estimate of drug-likeness (QED) is 0.0874. The van der Waals surface area contributed by atoms with Crippen molar-refractivity contribution in [3.8, 4) is 0 Å². The van der Waals surface area contributed by atoms with Crippen molar-refractivity contribution in [2.75, 3.05) is 46.6 Å². The summed E-state index contributed by atoms with van der Waals surface area (Å²) in [5.74, 6) is 0. The zero-order valence-corrected chi connectivity index (χ0v) is 23.3. The molecule has 14 N–H and O–H groups in total. The Labute approximate surface area is 238 Å². The number of hydrogen-bond acceptors (Lipinski definition) is 17. The van der Waals surface area contributed by atoms with E-state index in [-0.39, 0.29) is 32.7 Å². The minimum Gasteiger partial charge on any atom is -0.395 e. The van der Waals surface area contributed by atoms with Gasteiger partial charge in [0.05, 0.1) is 38.5 Å². The van der Waals surface area contributed by atoms with Crippen LogP contribution in [0, 0.1) is 0 Å². The summed E-state index contributed by atoms with van der Waals surface area (Å²) in [6.45, 7) is 0.435. The molecule has 2 heterocycles. The number of hydrogen-bond donors (Lipinski definition) is 13. The van der Waals surface area contributed by atoms with Crippen LogP contribution in [0.5, 0.6) is 0 Å². The Morgan fingerprint density at radius 2 is 1.59 bits per heavy atom. The Hall–Kier alpha value is -0.680. The number of likely N-dealkylation sites (N-methyl/N-ethyl adjacent to an activating group) is 1. The van der Waals surface area contributed by atoms with E-state index in [1.165, 1.54) is 6.92 Å². The van der Waals surface area contributed by atoms with Gasteiger partial charge >= 0.3 is 0 Å². The highest BCUT2D eigenvalue weighted by Gasteiger charge is 2.53. The van der Waals surface area contributed by atoms with Crippen LogP contribution in [0.3, 0.4) is 0 Å². The van der Waals surface area contributed by atoms with Crippen molar-refractivity contribution in [1.29, 1.82) is 0 Å². The number of nitrogens with two attached hydrogens (primary N) is 1. The summed E-state index contributed by atoms with van der Waals surface area (Å²) in [5, 5.41) is 101. The third-order valence-electron chi connectivity index (χ3n) is 7.93. The summed E-state index contributed by atoms with van der Waals surface area (Å²) in [5.41, 5.74) is 4.93. The molecule has 3 fully saturated rings. The maximum atomic E-state index is 11.5. The Balaban J connectivity index is 1.81. The van der Waals surface area contributed by atoms with Crippen LogP contribution in [-0.4, -0.2) is 184 Å². The summed E-state index contributed by atoms with van der Waals surface area (Å²) < 4.78 is 23.2. The lowest BCUT2D eigenvalue weighted by Crippen LogP contribution is -2.70. The SMILES string of the molecule is CN[C@@H]1[C@@H](O)[C@@H](O[C@H]2[C@H](NC(CO)CO)C[C@H](N)C(O[C@H]3O[C@H](CNCCO)[C@@H](O)[C@H](O)[C@H]3O)[C@@H]2O)OC[C@]1(C)O. The van der Waals surface area contributed by atoms with Crippen molar-refractivity contribution in [2.45, 2.75) is 105 Å². The second kappa shape index (κ2) is 15.4. The van der Waals surface area contributed by atoms with Gasteiger partial charge in [-0.1, -0.05) is 0 Å². The Morgan fingerprint density at radius 1 is 0.927 bits per heavy atom. The molecule has 0 aromatic rings. The van der Waals surface area contributed by atoms with Gasteiger partial charge < -0.3 is 86.6 Å². The first kappa shape index (κ1) is 34.8. The monoisotopic (exact) mass is 600 g/mol. The van der Waals surface area contributed by atoms with Crippen molar-refractivity contribution in [3.05, 3.63) is 0 Å². The molecule has 0 spiro atoms. The molecule has 0 aromatic heterocycles. The number of rotatable bonds is 13. The summed E-state index contributed by atoms with van der Waals surface area (Å²) in [6, 6.07) is -3.33. The minimum atomic E-state index is -1.70. The maximum Gasteiger partial charge on any atom is 0.187 e. The molecular formula is C24H48N4O13. The molecule has 14 atom stereocenters. The first-order valence-electron chi connectivity index (χ1n) is 13.8. The van der Waals surface area contributed by atoms with Crippen LogP contribution in [-0.2, 0) is 18.9 Å². The Morgan fingerprint density at radius 3 is 2.20 bits per heavy atom. The number of aliphatic hydroxyl groups is 9. The summed E-state index contributed by atoms with van der Waals surface area (Å²) in [7, 11) is 1.55. The summed E-state index contributed by atoms with van der Waals surface area (Å²) >= 11 is 0. The molecule has 0 amide bonds. The third-order valence-corrected chi connectivity index (χ3v) is 7.93. The molecule has 1 saturated carbocycles. The Kier molecular flexibility index (Phi) is 13.0. The largest absolute Gasteiger partial charge is 0.395 e. The summed E-state index contributed by atoms with van der Waals surface area (Å²) in [6.07, 6.45) is -14.0. The average Bonchev–Trinajstić information content (AvgIpc) is 2.93. The number of aliphatic hydroxyl groups excluding tert-OH is 8. The fourth-order valence-corrected chi connectivity index (χ4v) is 5.62. The van der Waals surface area contributed by atoms with Gasteiger partial charge in [-0.15, -0.1) is 0 Å². The van der Waals surface area contributed by atoms with Crippen LogP contribution in [0.4, 0.5) is 0 Å². The second-order valence-electron chi connectivity index (χ2n) is 11.2. The lowest BCUT2D eigenvalue weighted by molar-refractivity contribution is -0.331. The van der Waals surface area contributed by atoms with E-state index in [4.69, 9.17) is 29.8 Å². The van der Waals surface area contributed by atoms with Gasteiger partial charge in [-0.2, -0.15) is 0 Å². The van der Waals surface area contributed by atoms with E-state index in [1.54, 1.807) is 7.05 Å². The van der Waals surface area contributed by atoms with Crippen LogP contribution in [0.15, 0.2) is 0 Å². The van der Waals surface area contributed by atoms with Gasteiger partial charge in [0.15, 0.2) is 12.6 Å². The molecule has 1 unspecified atom stereocenters. The fourth-order valence-electron chi connectivity index (χ4n) is 5.62. The molecule has 17 heteroatoms. The first-order chi connectivity index (χ1) is 19.4. The lowest BCUT2D eigenvalue weighted by Gasteiger charge is -2.50. The Bertz CT molecular complexity index is 784. The second-order valence-corrected chi connectivity index (χ2v) is 11.2. The predicted octanol–water partition coefficient (Wildman–Crippen LogP) is -7.39. The molecule has 1 aliphatic carbocycles. The van der Waals surface area contributed by atoms with Crippen LogP contribution < -0.4 is 21.7 Å². The lowest BCUT2D eigenvalue weighted by atomic mass is 9.83. The van der Waals surface area contributed by atoms with E-state index in [9.17, 15) is 40.9 Å². The standard InChI is InChI=1S/C24H48N4O13/c1-24(37)9-38-22(18(36)21(24)26-2)41-20-12(28-10(7-30)8-31)5-11(25)19(17(20)35)40-23-16(34)15(33)14(32)13(39-23)6-27-3-4-29/h10-23,26-37H,3-9,25H2,1-2H3/t11-,12+,13+,14+,15-,16+,17-,18+,19?,20-,21+,22+,23+,24-/m0/s1. The molecular weight excluding hydrogens is 552 g/mol. The normalized spacial score (nSPS) is 45.7. The highest BCUT2D eigenvalue weighted by atomic mass is 16.7. The average molecular weight is 601 g/mol. The molecule has 242 valence electrons. The first-order valence-corrected chi connectivity index (χ1v) is 13.8. The highest BCUT2D eigenvalue weighted by Crippen LogP contribution is 2.32. The van der Waals surface area contributed by atoms with Gasteiger partial charge in [-0.3, -0.25) is 0 Å². The molecule has 2 saturated heterocycles. The van der Waals surface area contributed by atoms with Crippen LogP contribution >= 0.6 is 0 Å². The predicted molar refractivity (Wildman–Crippen MR) is 139 cm³/mol. The van der Waals surface area contributed by atoms with Gasteiger partial charge in [0, 0.05) is 25.2 Å². The molecule has 3 rings (SSSR count). The number of nitrogens with one attached hydrogen (secondary N) is 3. The van der Waals surface area contributed by atoms with Crippen molar-refractivity contribution >= 4 is 0 Å². The highest BCUT2D eigenvalue weighted by molar-refractivity contribution is 5.03. The van der Waals surface area contributed by atoms with Crippen LogP contribution in [0.25, 0.3) is 0 Å². The van der Waals surface area contributed by atoms with Crippen molar-refractivity contribution < 1.29 is 64.9 Å². The van der Waals surface area contributed by atoms with Crippen molar-refractivity contribution in [1.82, 2.24) is 16.0 Å². The van der Waals surface area contributed by atoms with Gasteiger partial charge in [-0.05, 0) is 20.4 Å². The van der Waals surface area contributed by atoms with E-state index >= 15 is 0 Å². The molecule has 2 aliphatic heterocycles. The zero-order valence-electron chi connectivity index (χ0n) is 23.3. The van der Waals surface area contributed by atoms with Gasteiger partial charge in [0.2, 0.25) is 0 Å². The fraction of sp³-hybridized carbons (Fsp3) is 1.00. The number of ether oxygens (including phenoxy) is 4. The maximum absolute atomic E-state index is 11.5. The van der Waals surface area contributed by atoms with Gasteiger partial charge in [-0.25, -0.2) is 0 Å². The minimum absolute atomic E-state index is 0.0133. The zero-order chi connectivity index (χ0) is 30.5. The molecule has 3 aliphatic rings. The topological polar surface area (TPSA) is 281 Å². The smallest absolute Gasteiger partial charge is 0.187 e. The molecule has 0 aromatic carbocycles.